The minimum Gasteiger partial charge on any atom is -0.342 e. The van der Waals surface area contributed by atoms with Gasteiger partial charge in [0.15, 0.2) is 0 Å². The van der Waals surface area contributed by atoms with Gasteiger partial charge in [0.2, 0.25) is 0 Å². The first-order chi connectivity index (χ1) is 9.29. The highest BCUT2D eigenvalue weighted by molar-refractivity contribution is 9.10. The summed E-state index contributed by atoms with van der Waals surface area (Å²) in [4.78, 5) is 0. The van der Waals surface area contributed by atoms with Crippen molar-refractivity contribution in [1.82, 2.24) is 4.57 Å². The Bertz CT molecular complexity index is 698. The highest BCUT2D eigenvalue weighted by atomic mass is 79.9. The van der Waals surface area contributed by atoms with Crippen molar-refractivity contribution < 1.29 is 0 Å². The Morgan fingerprint density at radius 1 is 1.00 bits per heavy atom. The average molecular weight is 314 g/mol. The lowest BCUT2D eigenvalue weighted by Gasteiger charge is -2.08. The molecule has 2 aromatic carbocycles. The maximum Gasteiger partial charge on any atom is 0.0630 e. The molecule has 0 fully saturated rings. The third-order valence-corrected chi connectivity index (χ3v) is 4.18. The zero-order valence-corrected chi connectivity index (χ0v) is 12.5. The van der Waals surface area contributed by atoms with E-state index in [1.54, 1.807) is 0 Å². The number of benzene rings is 2. The minimum absolute atomic E-state index is 0.913. The molecule has 0 saturated carbocycles. The van der Waals surface area contributed by atoms with Crippen LogP contribution >= 0.6 is 15.9 Å². The molecule has 0 bridgehead atoms. The molecule has 1 aromatic heterocycles. The van der Waals surface area contributed by atoms with E-state index in [1.165, 1.54) is 26.5 Å². The summed E-state index contributed by atoms with van der Waals surface area (Å²) in [5, 5.41) is 1.35. The van der Waals surface area contributed by atoms with Gasteiger partial charge in [-0.1, -0.05) is 43.3 Å². The highest BCUT2D eigenvalue weighted by Gasteiger charge is 2.08. The number of rotatable bonds is 3. The molecule has 96 valence electrons. The summed E-state index contributed by atoms with van der Waals surface area (Å²) in [7, 11) is 0. The molecule has 0 unspecified atom stereocenters. The van der Waals surface area contributed by atoms with Gasteiger partial charge in [-0.15, -0.1) is 0 Å². The minimum atomic E-state index is 0.913. The molecule has 0 amide bonds. The quantitative estimate of drug-likeness (QED) is 0.640. The lowest BCUT2D eigenvalue weighted by Crippen LogP contribution is -1.98. The van der Waals surface area contributed by atoms with E-state index < -0.39 is 0 Å². The lowest BCUT2D eigenvalue weighted by atomic mass is 10.1. The van der Waals surface area contributed by atoms with Gasteiger partial charge in [-0.25, -0.2) is 0 Å². The number of aryl methyl sites for hydroxylation is 1. The Labute approximate surface area is 122 Å². The van der Waals surface area contributed by atoms with Crippen LogP contribution in [0.15, 0.2) is 59.2 Å². The van der Waals surface area contributed by atoms with Crippen molar-refractivity contribution in [2.24, 2.45) is 0 Å². The van der Waals surface area contributed by atoms with Crippen molar-refractivity contribution in [2.45, 2.75) is 19.9 Å². The summed E-state index contributed by atoms with van der Waals surface area (Å²) in [6.07, 6.45) is 3.25. The van der Waals surface area contributed by atoms with Gasteiger partial charge < -0.3 is 4.57 Å². The monoisotopic (exact) mass is 313 g/mol. The van der Waals surface area contributed by atoms with E-state index in [2.05, 4.69) is 82.1 Å². The van der Waals surface area contributed by atoms with Gasteiger partial charge in [-0.2, -0.15) is 0 Å². The normalized spacial score (nSPS) is 11.1. The second-order valence-electron chi connectivity index (χ2n) is 4.75. The Morgan fingerprint density at radius 2 is 1.79 bits per heavy atom. The van der Waals surface area contributed by atoms with Gasteiger partial charge in [0.1, 0.15) is 0 Å². The summed E-state index contributed by atoms with van der Waals surface area (Å²) in [5.41, 5.74) is 4.03. The van der Waals surface area contributed by atoms with Crippen LogP contribution in [0.3, 0.4) is 0 Å². The van der Waals surface area contributed by atoms with Crippen molar-refractivity contribution in [3.63, 3.8) is 0 Å². The summed E-state index contributed by atoms with van der Waals surface area (Å²) in [5.74, 6) is 0. The van der Waals surface area contributed by atoms with Crippen molar-refractivity contribution in [1.29, 1.82) is 0 Å². The van der Waals surface area contributed by atoms with Crippen LogP contribution in [-0.4, -0.2) is 4.57 Å². The Hall–Kier alpha value is -1.54. The SMILES string of the molecule is CCc1ccc(Br)c2c1ccn2Cc1ccccc1. The third kappa shape index (κ3) is 2.33. The Kier molecular flexibility index (Phi) is 3.43. The summed E-state index contributed by atoms with van der Waals surface area (Å²) in [6.45, 7) is 3.12. The second-order valence-corrected chi connectivity index (χ2v) is 5.61. The number of hydrogen-bond donors (Lipinski definition) is 0. The molecule has 2 heteroatoms. The molecule has 0 spiro atoms. The van der Waals surface area contributed by atoms with Crippen molar-refractivity contribution in [3.05, 3.63) is 70.3 Å². The van der Waals surface area contributed by atoms with Crippen LogP contribution in [0.25, 0.3) is 10.9 Å². The van der Waals surface area contributed by atoms with Crippen LogP contribution in [0.4, 0.5) is 0 Å². The largest absolute Gasteiger partial charge is 0.342 e. The van der Waals surface area contributed by atoms with Gasteiger partial charge in [-0.05, 0) is 45.6 Å². The molecule has 0 N–H and O–H groups in total. The first-order valence-corrected chi connectivity index (χ1v) is 7.39. The van der Waals surface area contributed by atoms with Crippen LogP contribution in [-0.2, 0) is 13.0 Å². The van der Waals surface area contributed by atoms with Crippen LogP contribution in [0, 0.1) is 0 Å². The van der Waals surface area contributed by atoms with E-state index >= 15 is 0 Å². The van der Waals surface area contributed by atoms with Crippen LogP contribution in [0.2, 0.25) is 0 Å². The molecule has 3 aromatic rings. The van der Waals surface area contributed by atoms with Crippen LogP contribution < -0.4 is 0 Å². The molecule has 1 nitrogen and oxygen atoms in total. The number of nitrogens with zero attached hydrogens (tertiary/aromatic N) is 1. The first kappa shape index (κ1) is 12.5. The zero-order valence-electron chi connectivity index (χ0n) is 10.9. The average Bonchev–Trinajstić information content (AvgIpc) is 2.85. The fourth-order valence-corrected chi connectivity index (χ4v) is 3.13. The topological polar surface area (TPSA) is 4.93 Å². The number of halogens is 1. The van der Waals surface area contributed by atoms with E-state index in [-0.39, 0.29) is 0 Å². The van der Waals surface area contributed by atoms with Gasteiger partial charge in [-0.3, -0.25) is 0 Å². The standard InChI is InChI=1S/C17H16BrN/c1-2-14-8-9-16(18)17-15(14)10-11-19(17)12-13-6-4-3-5-7-13/h3-11H,2,12H2,1H3. The lowest BCUT2D eigenvalue weighted by molar-refractivity contribution is 0.835. The van der Waals surface area contributed by atoms with Crippen LogP contribution in [0.5, 0.6) is 0 Å². The molecule has 0 radical (unpaired) electrons. The second kappa shape index (κ2) is 5.22. The molecule has 3 rings (SSSR count). The van der Waals surface area contributed by atoms with Gasteiger partial charge >= 0.3 is 0 Å². The predicted molar refractivity (Wildman–Crippen MR) is 84.6 cm³/mol. The van der Waals surface area contributed by atoms with Gasteiger partial charge in [0, 0.05) is 22.6 Å². The Balaban J connectivity index is 2.10. The van der Waals surface area contributed by atoms with E-state index in [0.29, 0.717) is 0 Å². The molecule has 0 aliphatic heterocycles. The van der Waals surface area contributed by atoms with Gasteiger partial charge in [0.05, 0.1) is 5.52 Å². The van der Waals surface area contributed by atoms with E-state index in [1.807, 2.05) is 0 Å². The number of aromatic nitrogens is 1. The van der Waals surface area contributed by atoms with Crippen molar-refractivity contribution in [3.8, 4) is 0 Å². The maximum atomic E-state index is 3.68. The summed E-state index contributed by atoms with van der Waals surface area (Å²) in [6, 6.07) is 17.2. The Morgan fingerprint density at radius 3 is 2.53 bits per heavy atom. The number of hydrogen-bond acceptors (Lipinski definition) is 0. The molecule has 0 aliphatic carbocycles. The summed E-state index contributed by atoms with van der Waals surface area (Å²) < 4.78 is 3.48. The molecule has 0 aliphatic rings. The first-order valence-electron chi connectivity index (χ1n) is 6.59. The molecular weight excluding hydrogens is 298 g/mol. The van der Waals surface area contributed by atoms with Gasteiger partial charge in [0.25, 0.3) is 0 Å². The predicted octanol–water partition coefficient (Wildman–Crippen LogP) is 5.01. The smallest absolute Gasteiger partial charge is 0.0630 e. The zero-order chi connectivity index (χ0) is 13.2. The van der Waals surface area contributed by atoms with E-state index in [9.17, 15) is 0 Å². The van der Waals surface area contributed by atoms with Crippen LogP contribution in [0.1, 0.15) is 18.1 Å². The number of fused-ring (bicyclic) bond motifs is 1. The van der Waals surface area contributed by atoms with Crippen molar-refractivity contribution >= 4 is 26.8 Å². The fraction of sp³-hybridized carbons (Fsp3) is 0.176. The molecule has 19 heavy (non-hydrogen) atoms. The third-order valence-electron chi connectivity index (χ3n) is 3.54. The molecule has 0 atom stereocenters. The highest BCUT2D eigenvalue weighted by Crippen LogP contribution is 2.29. The molecule has 1 heterocycles. The van der Waals surface area contributed by atoms with E-state index in [4.69, 9.17) is 0 Å². The fourth-order valence-electron chi connectivity index (χ4n) is 2.56. The van der Waals surface area contributed by atoms with Crippen molar-refractivity contribution in [2.75, 3.05) is 0 Å². The summed E-state index contributed by atoms with van der Waals surface area (Å²) >= 11 is 3.68. The maximum absolute atomic E-state index is 3.68. The molecule has 0 saturated heterocycles. The van der Waals surface area contributed by atoms with E-state index in [0.717, 1.165) is 13.0 Å². The molecular formula is C17H16BrN.